The Kier molecular flexibility index (Phi) is 8.02. The molecule has 2 N–H and O–H groups in total. The van der Waals surface area contributed by atoms with Crippen LogP contribution in [-0.2, 0) is 9.47 Å². The third-order valence-electron chi connectivity index (χ3n) is 5.35. The molecule has 0 bridgehead atoms. The van der Waals surface area contributed by atoms with Gasteiger partial charge in [0.15, 0.2) is 11.4 Å². The van der Waals surface area contributed by atoms with E-state index in [0.717, 1.165) is 0 Å². The summed E-state index contributed by atoms with van der Waals surface area (Å²) in [4.78, 5) is 66.0. The quantitative estimate of drug-likeness (QED) is 0.309. The first-order valence-corrected chi connectivity index (χ1v) is 11.8. The number of nitrogens with one attached hydrogen (secondary N) is 2. The molecule has 0 aliphatic carbocycles. The van der Waals surface area contributed by atoms with Crippen LogP contribution in [0.5, 0.6) is 0 Å². The highest BCUT2D eigenvalue weighted by Gasteiger charge is 2.15. The maximum absolute atomic E-state index is 13.0. The first kappa shape index (κ1) is 26.0. The van der Waals surface area contributed by atoms with Crippen LogP contribution in [0.1, 0.15) is 34.8 Å². The van der Waals surface area contributed by atoms with Crippen LogP contribution in [-0.4, -0.2) is 45.1 Å². The molecule has 0 saturated heterocycles. The maximum atomic E-state index is 13.0. The number of H-pyrrole nitrogens is 2. The molecule has 10 nitrogen and oxygen atoms in total. The molecule has 192 valence electrons. The van der Waals surface area contributed by atoms with E-state index < -0.39 is 23.1 Å². The molecule has 0 spiro atoms. The van der Waals surface area contributed by atoms with Gasteiger partial charge in [-0.25, -0.2) is 19.6 Å². The van der Waals surface area contributed by atoms with Crippen molar-refractivity contribution in [2.24, 2.45) is 0 Å². The number of nitrogens with zero attached hydrogens (tertiary/aromatic N) is 2. The average molecular weight is 513 g/mol. The van der Waals surface area contributed by atoms with E-state index in [2.05, 4.69) is 19.9 Å². The van der Waals surface area contributed by atoms with Crippen molar-refractivity contribution in [2.75, 3.05) is 13.2 Å². The van der Waals surface area contributed by atoms with Gasteiger partial charge in [-0.1, -0.05) is 48.5 Å². The fraction of sp³-hybridized carbons (Fsp3) is 0.143. The molecule has 10 heteroatoms. The Morgan fingerprint density at radius 2 is 1.00 bits per heavy atom. The van der Waals surface area contributed by atoms with Crippen LogP contribution in [0.2, 0.25) is 0 Å². The van der Waals surface area contributed by atoms with Gasteiger partial charge in [0.2, 0.25) is 0 Å². The lowest BCUT2D eigenvalue weighted by atomic mass is 10.2. The Bertz CT molecular complexity index is 1660. The summed E-state index contributed by atoms with van der Waals surface area (Å²) in [5.41, 5.74) is -1.36. The van der Waals surface area contributed by atoms with Crippen LogP contribution >= 0.6 is 0 Å². The molecule has 0 unspecified atom stereocenters. The molecule has 0 aliphatic heterocycles. The molecule has 0 fully saturated rings. The predicted octanol–water partition coefficient (Wildman–Crippen LogP) is 3.92. The summed E-state index contributed by atoms with van der Waals surface area (Å²) in [5.74, 6) is -1.50. The van der Waals surface area contributed by atoms with Gasteiger partial charge in [0.25, 0.3) is 0 Å². The van der Waals surface area contributed by atoms with Gasteiger partial charge in [-0.15, -0.1) is 0 Å². The van der Waals surface area contributed by atoms with Gasteiger partial charge in [-0.2, -0.15) is 0 Å². The standard InChI is InChI=1S/C28H24N4O6/c1-3-37-27(35)23-17-11-5-7-13-19(17)31-25(33)26(34)32-20-14-8-6-12-18(20)24(28(36)38-4-2)30-22-16-10-9-15-21(22)29-23/h5-16H,3-4H2,1-2H3,(H,31,33)(H,32,34). The lowest BCUT2D eigenvalue weighted by molar-refractivity contribution is 0.0512. The number of benzene rings is 3. The van der Waals surface area contributed by atoms with Crippen molar-refractivity contribution in [3.63, 3.8) is 0 Å². The maximum Gasteiger partial charge on any atom is 0.357 e. The van der Waals surface area contributed by atoms with Crippen LogP contribution in [0.4, 0.5) is 0 Å². The molecule has 0 saturated carbocycles. The second kappa shape index (κ2) is 11.7. The summed E-state index contributed by atoms with van der Waals surface area (Å²) in [7, 11) is 0. The molecule has 0 amide bonds. The summed E-state index contributed by atoms with van der Waals surface area (Å²) in [6.07, 6.45) is 0. The molecule has 38 heavy (non-hydrogen) atoms. The van der Waals surface area contributed by atoms with E-state index in [0.29, 0.717) is 0 Å². The average Bonchev–Trinajstić information content (AvgIpc) is 2.91. The zero-order chi connectivity index (χ0) is 27.1. The fourth-order valence-electron chi connectivity index (χ4n) is 3.68. The van der Waals surface area contributed by atoms with E-state index in [1.165, 1.54) is 12.1 Å². The number of fused-ring (bicyclic) bond motifs is 3. The number of hydrogen-bond acceptors (Lipinski definition) is 8. The van der Waals surface area contributed by atoms with Crippen LogP contribution in [0, 0.1) is 0 Å². The van der Waals surface area contributed by atoms with Crippen LogP contribution in [0.15, 0.2) is 82.4 Å². The van der Waals surface area contributed by atoms with Gasteiger partial charge in [0.1, 0.15) is 0 Å². The number of hydrogen-bond donors (Lipinski definition) is 2. The molecule has 4 aromatic rings. The SMILES string of the molecule is CCOC(=O)c1nc2ccccc2nc(C(=O)OCC)c2ccccc2[nH]c(=O)c(=O)[nH]c2ccccc12. The monoisotopic (exact) mass is 512 g/mol. The topological polar surface area (TPSA) is 144 Å². The molecule has 1 heterocycles. The van der Waals surface area contributed by atoms with Crippen molar-refractivity contribution in [1.82, 2.24) is 19.9 Å². The van der Waals surface area contributed by atoms with Crippen molar-refractivity contribution < 1.29 is 19.1 Å². The molecular formula is C28H24N4O6. The van der Waals surface area contributed by atoms with Gasteiger partial charge < -0.3 is 19.4 Å². The minimum absolute atomic E-state index is 0.0817. The van der Waals surface area contributed by atoms with Crippen molar-refractivity contribution in [1.29, 1.82) is 0 Å². The molecule has 0 aliphatic rings. The van der Waals surface area contributed by atoms with E-state index in [9.17, 15) is 19.2 Å². The van der Waals surface area contributed by atoms with E-state index in [1.54, 1.807) is 74.5 Å². The van der Waals surface area contributed by atoms with Crippen LogP contribution < -0.4 is 11.1 Å². The molecule has 1 aromatic heterocycles. The molecular weight excluding hydrogens is 488 g/mol. The summed E-state index contributed by atoms with van der Waals surface area (Å²) in [6.45, 7) is 3.47. The largest absolute Gasteiger partial charge is 0.461 e. The zero-order valence-corrected chi connectivity index (χ0v) is 20.7. The Hall–Kier alpha value is -5.12. The fourth-order valence-corrected chi connectivity index (χ4v) is 3.68. The molecule has 0 atom stereocenters. The van der Waals surface area contributed by atoms with E-state index in [4.69, 9.17) is 9.47 Å². The summed E-state index contributed by atoms with van der Waals surface area (Å²) < 4.78 is 10.5. The lowest BCUT2D eigenvalue weighted by Crippen LogP contribution is -2.26. The first-order chi connectivity index (χ1) is 18.4. The number of ether oxygens (including phenoxy) is 2. The Morgan fingerprint density at radius 3 is 1.39 bits per heavy atom. The van der Waals surface area contributed by atoms with Gasteiger partial charge in [0.05, 0.1) is 35.3 Å². The number of aromatic amines is 2. The van der Waals surface area contributed by atoms with E-state index >= 15 is 0 Å². The highest BCUT2D eigenvalue weighted by Crippen LogP contribution is 2.17. The number of carbonyl (C=O) groups excluding carboxylic acids is 2. The van der Waals surface area contributed by atoms with Gasteiger partial charge in [-0.05, 0) is 38.1 Å². The van der Waals surface area contributed by atoms with Crippen molar-refractivity contribution >= 4 is 44.8 Å². The molecule has 0 radical (unpaired) electrons. The number of aromatic nitrogens is 4. The third-order valence-corrected chi connectivity index (χ3v) is 5.35. The molecule has 4 rings (SSSR count). The lowest BCUT2D eigenvalue weighted by Gasteiger charge is -2.05. The van der Waals surface area contributed by atoms with E-state index in [-0.39, 0.29) is 57.4 Å². The first-order valence-electron chi connectivity index (χ1n) is 11.8. The Labute approximate surface area is 216 Å². The van der Waals surface area contributed by atoms with Gasteiger partial charge >= 0.3 is 23.1 Å². The molecule has 3 aromatic carbocycles. The van der Waals surface area contributed by atoms with E-state index in [1.807, 2.05) is 0 Å². The second-order valence-electron chi connectivity index (χ2n) is 7.85. The van der Waals surface area contributed by atoms with Crippen molar-refractivity contribution in [3.8, 4) is 0 Å². The minimum Gasteiger partial charge on any atom is -0.461 e. The van der Waals surface area contributed by atoms with Gasteiger partial charge in [0, 0.05) is 10.8 Å². The van der Waals surface area contributed by atoms with Gasteiger partial charge in [-0.3, -0.25) is 9.59 Å². The predicted molar refractivity (Wildman–Crippen MR) is 143 cm³/mol. The number of rotatable bonds is 4. The third kappa shape index (κ3) is 5.65. The second-order valence-corrected chi connectivity index (χ2v) is 7.85. The normalized spacial score (nSPS) is 10.5. The van der Waals surface area contributed by atoms with Crippen LogP contribution in [0.25, 0.3) is 32.8 Å². The highest BCUT2D eigenvalue weighted by atomic mass is 16.5. The summed E-state index contributed by atoms with van der Waals surface area (Å²) >= 11 is 0. The van der Waals surface area contributed by atoms with Crippen LogP contribution in [0.3, 0.4) is 0 Å². The highest BCUT2D eigenvalue weighted by molar-refractivity contribution is 6.03. The number of para-hydroxylation sites is 4. The summed E-state index contributed by atoms with van der Waals surface area (Å²) in [6, 6.07) is 19.5. The zero-order valence-electron chi connectivity index (χ0n) is 20.7. The smallest absolute Gasteiger partial charge is 0.357 e. The summed E-state index contributed by atoms with van der Waals surface area (Å²) in [5, 5.41) is 0.461. The number of esters is 2. The Morgan fingerprint density at radius 1 is 0.632 bits per heavy atom. The minimum atomic E-state index is -0.998. The number of carbonyl (C=O) groups is 2. The Balaban J connectivity index is 2.36. The van der Waals surface area contributed by atoms with Crippen molar-refractivity contribution in [3.05, 3.63) is 105 Å². The van der Waals surface area contributed by atoms with Crippen molar-refractivity contribution in [2.45, 2.75) is 13.8 Å².